The van der Waals surface area contributed by atoms with E-state index in [9.17, 15) is 0 Å². The summed E-state index contributed by atoms with van der Waals surface area (Å²) in [4.78, 5) is 7.59. The summed E-state index contributed by atoms with van der Waals surface area (Å²) in [7, 11) is 0. The molecule has 2 heterocycles. The molecule has 34 heavy (non-hydrogen) atoms. The number of benzene rings is 5. The lowest BCUT2D eigenvalue weighted by molar-refractivity contribution is 1.52. The molecule has 0 amide bonds. The lowest BCUT2D eigenvalue weighted by Crippen LogP contribution is -1.89. The fourth-order valence-electron chi connectivity index (χ4n) is 5.24. The number of nitrogens with one attached hydrogen (secondary N) is 2. The van der Waals surface area contributed by atoms with E-state index in [1.54, 1.807) is 0 Å². The van der Waals surface area contributed by atoms with Crippen LogP contribution < -0.4 is 0 Å². The van der Waals surface area contributed by atoms with E-state index in [0.29, 0.717) is 0 Å². The van der Waals surface area contributed by atoms with Gasteiger partial charge in [0.25, 0.3) is 0 Å². The van der Waals surface area contributed by atoms with Crippen LogP contribution in [0.1, 0.15) is 0 Å². The SMILES string of the molecule is Brc1ccc(-c2c3[nH]c4ccccc4c3c(-c3ccc(Br)cc3)c3[nH]c4ccccc4c23)cc1. The Morgan fingerprint density at radius 3 is 1.24 bits per heavy atom. The molecule has 0 radical (unpaired) electrons. The van der Waals surface area contributed by atoms with Gasteiger partial charge in [-0.15, -0.1) is 0 Å². The molecule has 0 atom stereocenters. The first-order valence-corrected chi connectivity index (χ1v) is 12.8. The Morgan fingerprint density at radius 2 is 0.824 bits per heavy atom. The van der Waals surface area contributed by atoms with Gasteiger partial charge in [-0.05, 0) is 47.5 Å². The summed E-state index contributed by atoms with van der Waals surface area (Å²) < 4.78 is 2.15. The molecule has 0 aliphatic heterocycles. The van der Waals surface area contributed by atoms with Gasteiger partial charge in [-0.1, -0.05) is 92.5 Å². The molecule has 7 aromatic rings. The van der Waals surface area contributed by atoms with Crippen molar-refractivity contribution in [2.75, 3.05) is 0 Å². The first-order chi connectivity index (χ1) is 16.7. The van der Waals surface area contributed by atoms with Crippen molar-refractivity contribution in [2.24, 2.45) is 0 Å². The van der Waals surface area contributed by atoms with Crippen LogP contribution in [0.3, 0.4) is 0 Å². The summed E-state index contributed by atoms with van der Waals surface area (Å²) in [5.74, 6) is 0. The Balaban J connectivity index is 1.79. The molecule has 0 fully saturated rings. The normalized spacial score (nSPS) is 11.8. The number of hydrogen-bond acceptors (Lipinski definition) is 0. The summed E-state index contributed by atoms with van der Waals surface area (Å²) >= 11 is 7.22. The fourth-order valence-corrected chi connectivity index (χ4v) is 5.77. The summed E-state index contributed by atoms with van der Waals surface area (Å²) in [6.45, 7) is 0. The van der Waals surface area contributed by atoms with E-state index in [-0.39, 0.29) is 0 Å². The molecule has 4 heteroatoms. The van der Waals surface area contributed by atoms with Crippen LogP contribution in [0.2, 0.25) is 0 Å². The quantitative estimate of drug-likeness (QED) is 0.209. The minimum atomic E-state index is 1.07. The van der Waals surface area contributed by atoms with Gasteiger partial charge in [0.2, 0.25) is 0 Å². The van der Waals surface area contributed by atoms with Gasteiger partial charge < -0.3 is 9.97 Å². The maximum atomic E-state index is 3.79. The number of halogens is 2. The molecule has 162 valence electrons. The Kier molecular flexibility index (Phi) is 4.48. The highest BCUT2D eigenvalue weighted by Gasteiger charge is 2.23. The van der Waals surface area contributed by atoms with Crippen molar-refractivity contribution in [1.29, 1.82) is 0 Å². The third kappa shape index (κ3) is 2.92. The van der Waals surface area contributed by atoms with Crippen molar-refractivity contribution in [3.8, 4) is 22.3 Å². The molecule has 0 saturated carbocycles. The molecule has 2 N–H and O–H groups in total. The molecule has 5 aromatic carbocycles. The van der Waals surface area contributed by atoms with Gasteiger partial charge in [0, 0.05) is 52.7 Å². The first-order valence-electron chi connectivity index (χ1n) is 11.2. The average Bonchev–Trinajstić information content (AvgIpc) is 3.43. The van der Waals surface area contributed by atoms with E-state index in [1.165, 1.54) is 54.8 Å². The average molecular weight is 566 g/mol. The molecule has 2 nitrogen and oxygen atoms in total. The van der Waals surface area contributed by atoms with Gasteiger partial charge in [0.1, 0.15) is 0 Å². The molecule has 0 saturated heterocycles. The lowest BCUT2D eigenvalue weighted by Gasteiger charge is -2.13. The fraction of sp³-hybridized carbons (Fsp3) is 0. The van der Waals surface area contributed by atoms with Gasteiger partial charge in [0.05, 0.1) is 11.0 Å². The number of H-pyrrole nitrogens is 2. The Hall–Kier alpha value is -3.34. The number of fused-ring (bicyclic) bond motifs is 6. The number of hydrogen-bond donors (Lipinski definition) is 2. The lowest BCUT2D eigenvalue weighted by atomic mass is 9.90. The number of rotatable bonds is 2. The Bertz CT molecular complexity index is 1720. The summed E-state index contributed by atoms with van der Waals surface area (Å²) in [6, 6.07) is 34.5. The zero-order chi connectivity index (χ0) is 22.8. The molecule has 0 aliphatic rings. The van der Waals surface area contributed by atoms with E-state index in [2.05, 4.69) is 139 Å². The highest BCUT2D eigenvalue weighted by atomic mass is 79.9. The van der Waals surface area contributed by atoms with Crippen LogP contribution in [0.15, 0.2) is 106 Å². The predicted octanol–water partition coefficient (Wildman–Crippen LogP) is 9.81. The monoisotopic (exact) mass is 564 g/mol. The van der Waals surface area contributed by atoms with E-state index < -0.39 is 0 Å². The minimum absolute atomic E-state index is 1.07. The van der Waals surface area contributed by atoms with Crippen LogP contribution in [-0.4, -0.2) is 9.97 Å². The van der Waals surface area contributed by atoms with E-state index >= 15 is 0 Å². The Labute approximate surface area is 212 Å². The zero-order valence-electron chi connectivity index (χ0n) is 18.0. The van der Waals surface area contributed by atoms with Crippen molar-refractivity contribution in [2.45, 2.75) is 0 Å². The summed E-state index contributed by atoms with van der Waals surface area (Å²) in [6.07, 6.45) is 0. The van der Waals surface area contributed by atoms with Crippen LogP contribution in [0.5, 0.6) is 0 Å². The van der Waals surface area contributed by atoms with Crippen molar-refractivity contribution in [1.82, 2.24) is 9.97 Å². The molecular weight excluding hydrogens is 548 g/mol. The second kappa shape index (κ2) is 7.59. The van der Waals surface area contributed by atoms with Crippen molar-refractivity contribution in [3.63, 3.8) is 0 Å². The zero-order valence-corrected chi connectivity index (χ0v) is 21.2. The molecule has 7 rings (SSSR count). The van der Waals surface area contributed by atoms with E-state index in [4.69, 9.17) is 0 Å². The molecular formula is C30H18Br2N2. The van der Waals surface area contributed by atoms with Crippen molar-refractivity contribution in [3.05, 3.63) is 106 Å². The highest BCUT2D eigenvalue weighted by Crippen LogP contribution is 2.48. The van der Waals surface area contributed by atoms with Crippen LogP contribution in [0.25, 0.3) is 65.9 Å². The number of aromatic nitrogens is 2. The predicted molar refractivity (Wildman–Crippen MR) is 151 cm³/mol. The molecule has 0 spiro atoms. The van der Waals surface area contributed by atoms with Crippen LogP contribution in [-0.2, 0) is 0 Å². The second-order valence-corrected chi connectivity index (χ2v) is 10.4. The third-order valence-corrected chi connectivity index (χ3v) is 7.74. The summed E-state index contributed by atoms with van der Waals surface area (Å²) in [5, 5.41) is 4.95. The van der Waals surface area contributed by atoms with Gasteiger partial charge in [-0.25, -0.2) is 0 Å². The number of aromatic amines is 2. The maximum Gasteiger partial charge on any atom is 0.0558 e. The van der Waals surface area contributed by atoms with E-state index in [0.717, 1.165) is 20.0 Å². The molecule has 0 bridgehead atoms. The van der Waals surface area contributed by atoms with Gasteiger partial charge >= 0.3 is 0 Å². The van der Waals surface area contributed by atoms with Crippen molar-refractivity contribution >= 4 is 75.5 Å². The molecule has 0 aliphatic carbocycles. The minimum Gasteiger partial charge on any atom is -0.354 e. The Morgan fingerprint density at radius 1 is 0.441 bits per heavy atom. The standard InChI is InChI=1S/C30H18Br2N2/c31-19-13-9-17(10-14-19)25-27-21-5-1-3-7-23(21)33-29(27)26(18-11-15-20(32)16-12-18)28-22-6-2-4-8-24(22)34-30(25)28/h1-16,33-34H. The van der Waals surface area contributed by atoms with Gasteiger partial charge in [0.15, 0.2) is 0 Å². The van der Waals surface area contributed by atoms with E-state index in [1.807, 2.05) is 0 Å². The van der Waals surface area contributed by atoms with Crippen LogP contribution in [0.4, 0.5) is 0 Å². The second-order valence-electron chi connectivity index (χ2n) is 8.60. The smallest absolute Gasteiger partial charge is 0.0558 e. The largest absolute Gasteiger partial charge is 0.354 e. The molecule has 2 aromatic heterocycles. The van der Waals surface area contributed by atoms with Crippen LogP contribution >= 0.6 is 31.9 Å². The third-order valence-electron chi connectivity index (χ3n) is 6.68. The number of para-hydroxylation sites is 2. The first kappa shape index (κ1) is 20.1. The topological polar surface area (TPSA) is 31.6 Å². The maximum absolute atomic E-state index is 3.79. The van der Waals surface area contributed by atoms with Gasteiger partial charge in [-0.2, -0.15) is 0 Å². The van der Waals surface area contributed by atoms with Crippen LogP contribution in [0, 0.1) is 0 Å². The van der Waals surface area contributed by atoms with Gasteiger partial charge in [-0.3, -0.25) is 0 Å². The summed E-state index contributed by atoms with van der Waals surface area (Å²) in [5.41, 5.74) is 9.46. The molecule has 0 unspecified atom stereocenters. The highest BCUT2D eigenvalue weighted by molar-refractivity contribution is 9.10. The van der Waals surface area contributed by atoms with Crippen molar-refractivity contribution < 1.29 is 0 Å².